The van der Waals surface area contributed by atoms with Gasteiger partial charge in [0, 0.05) is 18.4 Å². The first-order valence-electron chi connectivity index (χ1n) is 8.30. The summed E-state index contributed by atoms with van der Waals surface area (Å²) in [4.78, 5) is 26.6. The molecule has 0 saturated carbocycles. The third-order valence-electron chi connectivity index (χ3n) is 4.82. The van der Waals surface area contributed by atoms with Crippen molar-refractivity contribution in [3.63, 3.8) is 0 Å². The maximum atomic E-state index is 12.8. The number of aromatic nitrogens is 2. The standard InChI is InChI=1S/C19H24N2O2S/c1-6-12-7-8-13(9-16(12)24-5)21-14-10-19(2,3)11-15(22)17(14)20(4)18(21)23/h7-9H,6,10-11H2,1-5H3. The monoisotopic (exact) mass is 344 g/mol. The molecule has 0 atom stereocenters. The second kappa shape index (κ2) is 5.96. The number of thioether (sulfide) groups is 1. The highest BCUT2D eigenvalue weighted by atomic mass is 32.2. The number of carbonyl (C=O) groups excluding carboxylic acids is 1. The van der Waals surface area contributed by atoms with Gasteiger partial charge in [0.2, 0.25) is 0 Å². The Hall–Kier alpha value is -1.75. The Balaban J connectivity index is 2.26. The lowest BCUT2D eigenvalue weighted by atomic mass is 9.77. The van der Waals surface area contributed by atoms with Gasteiger partial charge >= 0.3 is 5.69 Å². The van der Waals surface area contributed by atoms with Crippen molar-refractivity contribution in [1.82, 2.24) is 9.13 Å². The zero-order chi connectivity index (χ0) is 17.6. The van der Waals surface area contributed by atoms with Crippen LogP contribution in [0.4, 0.5) is 0 Å². The minimum atomic E-state index is -0.137. The summed E-state index contributed by atoms with van der Waals surface area (Å²) in [6, 6.07) is 6.15. The maximum Gasteiger partial charge on any atom is 0.333 e. The number of Topliss-reactive ketones (excluding diaryl/α,β-unsaturated/α-hetero) is 1. The molecule has 1 heterocycles. The summed E-state index contributed by atoms with van der Waals surface area (Å²) >= 11 is 1.69. The summed E-state index contributed by atoms with van der Waals surface area (Å²) < 4.78 is 3.24. The van der Waals surface area contributed by atoms with Gasteiger partial charge in [-0.05, 0) is 42.2 Å². The molecule has 0 N–H and O–H groups in total. The summed E-state index contributed by atoms with van der Waals surface area (Å²) in [5.74, 6) is 0.0647. The topological polar surface area (TPSA) is 44.0 Å². The highest BCUT2D eigenvalue weighted by molar-refractivity contribution is 7.98. The van der Waals surface area contributed by atoms with E-state index in [9.17, 15) is 9.59 Å². The van der Waals surface area contributed by atoms with Gasteiger partial charge in [-0.2, -0.15) is 0 Å². The zero-order valence-corrected chi connectivity index (χ0v) is 15.8. The Morgan fingerprint density at radius 2 is 1.92 bits per heavy atom. The van der Waals surface area contributed by atoms with E-state index in [1.807, 2.05) is 12.3 Å². The van der Waals surface area contributed by atoms with E-state index in [1.54, 1.807) is 23.4 Å². The fourth-order valence-electron chi connectivity index (χ4n) is 3.64. The molecule has 0 amide bonds. The van der Waals surface area contributed by atoms with Crippen LogP contribution in [0.1, 0.15) is 48.9 Å². The van der Waals surface area contributed by atoms with Gasteiger partial charge in [0.05, 0.1) is 11.4 Å². The number of carbonyl (C=O) groups is 1. The predicted molar refractivity (Wildman–Crippen MR) is 98.6 cm³/mol. The lowest BCUT2D eigenvalue weighted by Gasteiger charge is -2.29. The van der Waals surface area contributed by atoms with Crippen LogP contribution in [0.2, 0.25) is 0 Å². The van der Waals surface area contributed by atoms with Crippen molar-refractivity contribution in [1.29, 1.82) is 0 Å². The Morgan fingerprint density at radius 3 is 2.54 bits per heavy atom. The summed E-state index contributed by atoms with van der Waals surface area (Å²) in [5, 5.41) is 0. The summed E-state index contributed by atoms with van der Waals surface area (Å²) in [5.41, 5.74) is 3.29. The third-order valence-corrected chi connectivity index (χ3v) is 5.64. The normalized spacial score (nSPS) is 16.3. The van der Waals surface area contributed by atoms with E-state index in [-0.39, 0.29) is 16.9 Å². The van der Waals surface area contributed by atoms with Gasteiger partial charge in [0.25, 0.3) is 0 Å². The van der Waals surface area contributed by atoms with Crippen molar-refractivity contribution < 1.29 is 4.79 Å². The number of fused-ring (bicyclic) bond motifs is 1. The lowest BCUT2D eigenvalue weighted by molar-refractivity contribution is 0.0901. The van der Waals surface area contributed by atoms with Gasteiger partial charge in [-0.15, -0.1) is 11.8 Å². The molecule has 1 aromatic heterocycles. The first kappa shape index (κ1) is 17.1. The van der Waals surface area contributed by atoms with Gasteiger partial charge in [-0.3, -0.25) is 13.9 Å². The largest absolute Gasteiger partial charge is 0.333 e. The molecule has 1 aliphatic carbocycles. The number of imidazole rings is 1. The van der Waals surface area contributed by atoms with Crippen LogP contribution in [-0.4, -0.2) is 21.2 Å². The van der Waals surface area contributed by atoms with Crippen molar-refractivity contribution in [2.45, 2.75) is 44.9 Å². The molecule has 128 valence electrons. The van der Waals surface area contributed by atoms with Crippen LogP contribution in [-0.2, 0) is 19.9 Å². The Kier molecular flexibility index (Phi) is 4.24. The number of hydrogen-bond acceptors (Lipinski definition) is 3. The SMILES string of the molecule is CCc1ccc(-n2c3c(n(C)c2=O)C(=O)CC(C)(C)C3)cc1SC. The molecule has 3 rings (SSSR count). The van der Waals surface area contributed by atoms with Gasteiger partial charge in [-0.25, -0.2) is 4.79 Å². The average Bonchev–Trinajstić information content (AvgIpc) is 2.76. The van der Waals surface area contributed by atoms with Gasteiger partial charge in [0.15, 0.2) is 5.78 Å². The molecule has 0 aliphatic heterocycles. The van der Waals surface area contributed by atoms with E-state index in [0.717, 1.165) is 24.2 Å². The molecule has 5 heteroatoms. The van der Waals surface area contributed by atoms with E-state index in [0.29, 0.717) is 12.1 Å². The summed E-state index contributed by atoms with van der Waals surface area (Å²) in [7, 11) is 1.70. The van der Waals surface area contributed by atoms with E-state index in [1.165, 1.54) is 15.0 Å². The van der Waals surface area contributed by atoms with E-state index >= 15 is 0 Å². The highest BCUT2D eigenvalue weighted by Gasteiger charge is 2.36. The fourth-order valence-corrected chi connectivity index (χ4v) is 4.35. The van der Waals surface area contributed by atoms with Crippen LogP contribution in [0.5, 0.6) is 0 Å². The molecule has 0 spiro atoms. The molecule has 0 saturated heterocycles. The number of aryl methyl sites for hydroxylation is 1. The first-order chi connectivity index (χ1) is 11.3. The Labute approximate surface area is 146 Å². The van der Waals surface area contributed by atoms with Gasteiger partial charge in [0.1, 0.15) is 5.69 Å². The highest BCUT2D eigenvalue weighted by Crippen LogP contribution is 2.35. The second-order valence-electron chi connectivity index (χ2n) is 7.26. The number of nitrogens with zero attached hydrogens (tertiary/aromatic N) is 2. The van der Waals surface area contributed by atoms with Crippen LogP contribution in [0, 0.1) is 5.41 Å². The number of hydrogen-bond donors (Lipinski definition) is 0. The van der Waals surface area contributed by atoms with Crippen LogP contribution in [0.25, 0.3) is 5.69 Å². The molecule has 2 aromatic rings. The quantitative estimate of drug-likeness (QED) is 0.799. The van der Waals surface area contributed by atoms with Crippen molar-refractivity contribution >= 4 is 17.5 Å². The molecular weight excluding hydrogens is 320 g/mol. The first-order valence-corrected chi connectivity index (χ1v) is 9.52. The van der Waals surface area contributed by atoms with Crippen LogP contribution in [0.3, 0.4) is 0 Å². The maximum absolute atomic E-state index is 12.8. The number of ketones is 1. The molecule has 0 fully saturated rings. The Bertz CT molecular complexity index is 874. The van der Waals surface area contributed by atoms with Crippen LogP contribution in [0.15, 0.2) is 27.9 Å². The van der Waals surface area contributed by atoms with Crippen molar-refractivity contribution in [2.75, 3.05) is 6.26 Å². The van der Waals surface area contributed by atoms with Crippen molar-refractivity contribution in [3.05, 3.63) is 45.6 Å². The molecule has 1 aliphatic rings. The number of rotatable bonds is 3. The number of benzene rings is 1. The predicted octanol–water partition coefficient (Wildman–Crippen LogP) is 3.62. The minimum absolute atomic E-state index is 0.0647. The fraction of sp³-hybridized carbons (Fsp3) is 0.474. The molecule has 1 aromatic carbocycles. The van der Waals surface area contributed by atoms with E-state index in [4.69, 9.17) is 0 Å². The smallest absolute Gasteiger partial charge is 0.292 e. The molecular formula is C19H24N2O2S. The molecule has 0 bridgehead atoms. The average molecular weight is 344 g/mol. The molecule has 4 nitrogen and oxygen atoms in total. The van der Waals surface area contributed by atoms with Crippen LogP contribution < -0.4 is 5.69 Å². The molecule has 0 unspecified atom stereocenters. The summed E-state index contributed by atoms with van der Waals surface area (Å²) in [6.45, 7) is 6.30. The van der Waals surface area contributed by atoms with Crippen molar-refractivity contribution in [3.8, 4) is 5.69 Å². The second-order valence-corrected chi connectivity index (χ2v) is 8.11. The zero-order valence-electron chi connectivity index (χ0n) is 15.0. The molecule has 0 radical (unpaired) electrons. The van der Waals surface area contributed by atoms with E-state index in [2.05, 4.69) is 32.9 Å². The van der Waals surface area contributed by atoms with Crippen molar-refractivity contribution in [2.24, 2.45) is 12.5 Å². The third kappa shape index (κ3) is 2.65. The van der Waals surface area contributed by atoms with Gasteiger partial charge < -0.3 is 0 Å². The molecule has 24 heavy (non-hydrogen) atoms. The lowest BCUT2D eigenvalue weighted by Crippen LogP contribution is -2.29. The summed E-state index contributed by atoms with van der Waals surface area (Å²) in [6.07, 6.45) is 4.23. The van der Waals surface area contributed by atoms with E-state index < -0.39 is 0 Å². The van der Waals surface area contributed by atoms with Crippen LogP contribution >= 0.6 is 11.8 Å². The minimum Gasteiger partial charge on any atom is -0.292 e. The Morgan fingerprint density at radius 1 is 1.21 bits per heavy atom. The van der Waals surface area contributed by atoms with Gasteiger partial charge in [-0.1, -0.05) is 26.8 Å².